The first kappa shape index (κ1) is 17.9. The second kappa shape index (κ2) is 7.72. The molecule has 1 aromatic carbocycles. The van der Waals surface area contributed by atoms with E-state index >= 15 is 0 Å². The third-order valence-electron chi connectivity index (χ3n) is 2.45. The Hall–Kier alpha value is -1.18. The number of amides is 1. The number of hydrogen-bond acceptors (Lipinski definition) is 4. The van der Waals surface area contributed by atoms with Gasteiger partial charge in [0.25, 0.3) is 5.76 Å². The first-order chi connectivity index (χ1) is 9.67. The summed E-state index contributed by atoms with van der Waals surface area (Å²) in [5.74, 6) is -2.86. The first-order valence-electron chi connectivity index (χ1n) is 6.42. The van der Waals surface area contributed by atoms with Crippen molar-refractivity contribution in [2.75, 3.05) is 25.5 Å². The standard InChI is InChI=1S/C14H20F2N2O2S/c1-14(2,20)9-18(3)8-12(19)17-10-6-4-5-7-11(10)21-13(15)16/h4-7,13,20H,8-9H2,1-3H3,(H,17,19). The van der Waals surface area contributed by atoms with Gasteiger partial charge in [-0.1, -0.05) is 23.9 Å². The topological polar surface area (TPSA) is 52.6 Å². The normalized spacial score (nSPS) is 12.0. The summed E-state index contributed by atoms with van der Waals surface area (Å²) in [5, 5.41) is 12.3. The van der Waals surface area contributed by atoms with E-state index in [1.54, 1.807) is 44.0 Å². The minimum atomic E-state index is -2.54. The Labute approximate surface area is 127 Å². The average Bonchev–Trinajstić information content (AvgIpc) is 2.28. The monoisotopic (exact) mass is 318 g/mol. The highest BCUT2D eigenvalue weighted by Crippen LogP contribution is 2.31. The van der Waals surface area contributed by atoms with E-state index in [9.17, 15) is 18.7 Å². The zero-order chi connectivity index (χ0) is 16.0. The van der Waals surface area contributed by atoms with Crippen LogP contribution in [-0.4, -0.2) is 47.4 Å². The quantitative estimate of drug-likeness (QED) is 0.759. The lowest BCUT2D eigenvalue weighted by atomic mass is 10.1. The summed E-state index contributed by atoms with van der Waals surface area (Å²) in [6.45, 7) is 3.69. The smallest absolute Gasteiger partial charge is 0.288 e. The fourth-order valence-electron chi connectivity index (χ4n) is 1.92. The number of alkyl halides is 2. The summed E-state index contributed by atoms with van der Waals surface area (Å²) in [4.78, 5) is 13.9. The number of para-hydroxylation sites is 1. The van der Waals surface area contributed by atoms with E-state index < -0.39 is 11.4 Å². The lowest BCUT2D eigenvalue weighted by Crippen LogP contribution is -2.40. The van der Waals surface area contributed by atoms with Gasteiger partial charge >= 0.3 is 0 Å². The van der Waals surface area contributed by atoms with E-state index in [0.29, 0.717) is 28.9 Å². The maximum Gasteiger partial charge on any atom is 0.288 e. The Morgan fingerprint density at radius 1 is 1.43 bits per heavy atom. The molecule has 0 bridgehead atoms. The van der Waals surface area contributed by atoms with Crippen molar-refractivity contribution < 1.29 is 18.7 Å². The van der Waals surface area contributed by atoms with Crippen LogP contribution in [0.2, 0.25) is 0 Å². The van der Waals surface area contributed by atoms with Gasteiger partial charge in [0, 0.05) is 11.4 Å². The van der Waals surface area contributed by atoms with Crippen molar-refractivity contribution in [1.29, 1.82) is 0 Å². The van der Waals surface area contributed by atoms with Crippen LogP contribution in [0, 0.1) is 0 Å². The zero-order valence-corrected chi connectivity index (χ0v) is 13.1. The van der Waals surface area contributed by atoms with E-state index in [1.165, 1.54) is 6.07 Å². The van der Waals surface area contributed by atoms with Crippen molar-refractivity contribution in [3.63, 3.8) is 0 Å². The highest BCUT2D eigenvalue weighted by atomic mass is 32.2. The van der Waals surface area contributed by atoms with Crippen LogP contribution < -0.4 is 5.32 Å². The molecule has 0 fully saturated rings. The maximum absolute atomic E-state index is 12.4. The Kier molecular flexibility index (Phi) is 6.57. The van der Waals surface area contributed by atoms with Gasteiger partial charge in [-0.15, -0.1) is 0 Å². The molecular weight excluding hydrogens is 298 g/mol. The van der Waals surface area contributed by atoms with Gasteiger partial charge in [-0.2, -0.15) is 8.78 Å². The number of nitrogens with one attached hydrogen (secondary N) is 1. The third kappa shape index (κ3) is 7.40. The van der Waals surface area contributed by atoms with Gasteiger partial charge in [-0.25, -0.2) is 0 Å². The molecule has 0 saturated carbocycles. The Bertz CT molecular complexity index is 478. The molecule has 4 nitrogen and oxygen atoms in total. The lowest BCUT2D eigenvalue weighted by molar-refractivity contribution is -0.117. The van der Waals surface area contributed by atoms with Crippen molar-refractivity contribution in [1.82, 2.24) is 4.90 Å². The molecule has 0 aliphatic rings. The Balaban J connectivity index is 2.63. The van der Waals surface area contributed by atoms with Crippen molar-refractivity contribution in [3.8, 4) is 0 Å². The van der Waals surface area contributed by atoms with Gasteiger partial charge in [0.15, 0.2) is 0 Å². The van der Waals surface area contributed by atoms with Crippen molar-refractivity contribution in [3.05, 3.63) is 24.3 Å². The molecule has 0 spiro atoms. The number of benzene rings is 1. The van der Waals surface area contributed by atoms with Crippen molar-refractivity contribution in [2.24, 2.45) is 0 Å². The fraction of sp³-hybridized carbons (Fsp3) is 0.500. The van der Waals surface area contributed by atoms with Gasteiger partial charge in [0.05, 0.1) is 17.8 Å². The van der Waals surface area contributed by atoms with Crippen LogP contribution in [0.15, 0.2) is 29.2 Å². The number of rotatable bonds is 7. The van der Waals surface area contributed by atoms with Crippen molar-refractivity contribution in [2.45, 2.75) is 30.1 Å². The van der Waals surface area contributed by atoms with E-state index in [-0.39, 0.29) is 12.5 Å². The molecule has 21 heavy (non-hydrogen) atoms. The van der Waals surface area contributed by atoms with Crippen LogP contribution in [0.5, 0.6) is 0 Å². The molecule has 1 rings (SSSR count). The molecule has 1 amide bonds. The van der Waals surface area contributed by atoms with Gasteiger partial charge < -0.3 is 10.4 Å². The summed E-state index contributed by atoms with van der Waals surface area (Å²) in [6, 6.07) is 6.43. The third-order valence-corrected chi connectivity index (χ3v) is 3.24. The van der Waals surface area contributed by atoms with Gasteiger partial charge in [0.1, 0.15) is 0 Å². The number of carbonyl (C=O) groups is 1. The minimum Gasteiger partial charge on any atom is -0.389 e. The molecule has 0 aromatic heterocycles. The van der Waals surface area contributed by atoms with Gasteiger partial charge in [-0.3, -0.25) is 9.69 Å². The molecule has 0 saturated heterocycles. The molecule has 0 radical (unpaired) electrons. The highest BCUT2D eigenvalue weighted by molar-refractivity contribution is 7.99. The van der Waals surface area contributed by atoms with E-state index in [1.807, 2.05) is 0 Å². The molecule has 0 heterocycles. The summed E-state index contributed by atoms with van der Waals surface area (Å²) in [6.07, 6.45) is 0. The second-order valence-electron chi connectivity index (χ2n) is 5.41. The molecule has 0 aliphatic carbocycles. The summed E-state index contributed by atoms with van der Waals surface area (Å²) >= 11 is 0.394. The number of anilines is 1. The molecular formula is C14H20F2N2O2S. The highest BCUT2D eigenvalue weighted by Gasteiger charge is 2.18. The number of nitrogens with zero attached hydrogens (tertiary/aromatic N) is 1. The number of likely N-dealkylation sites (N-methyl/N-ethyl adjacent to an activating group) is 1. The lowest BCUT2D eigenvalue weighted by Gasteiger charge is -2.25. The predicted molar refractivity (Wildman–Crippen MR) is 80.7 cm³/mol. The molecule has 118 valence electrons. The largest absolute Gasteiger partial charge is 0.389 e. The van der Waals surface area contributed by atoms with Crippen LogP contribution in [0.4, 0.5) is 14.5 Å². The van der Waals surface area contributed by atoms with Gasteiger partial charge in [-0.05, 0) is 33.0 Å². The average molecular weight is 318 g/mol. The molecule has 0 unspecified atom stereocenters. The van der Waals surface area contributed by atoms with Crippen LogP contribution in [-0.2, 0) is 4.79 Å². The number of aliphatic hydroxyl groups is 1. The molecule has 0 atom stereocenters. The summed E-state index contributed by atoms with van der Waals surface area (Å²) in [5.41, 5.74) is -0.539. The molecule has 0 aliphatic heterocycles. The minimum absolute atomic E-state index is 0.0671. The molecule has 7 heteroatoms. The molecule has 1 aromatic rings. The first-order valence-corrected chi connectivity index (χ1v) is 7.30. The van der Waals surface area contributed by atoms with Crippen LogP contribution in [0.25, 0.3) is 0 Å². The van der Waals surface area contributed by atoms with E-state index in [2.05, 4.69) is 5.32 Å². The number of hydrogen-bond donors (Lipinski definition) is 2. The van der Waals surface area contributed by atoms with Crippen molar-refractivity contribution >= 4 is 23.4 Å². The Morgan fingerprint density at radius 3 is 2.62 bits per heavy atom. The second-order valence-corrected chi connectivity index (χ2v) is 6.44. The van der Waals surface area contributed by atoms with E-state index in [4.69, 9.17) is 0 Å². The molecule has 2 N–H and O–H groups in total. The predicted octanol–water partition coefficient (Wildman–Crippen LogP) is 2.64. The number of carbonyl (C=O) groups excluding carboxylic acids is 1. The number of thioether (sulfide) groups is 1. The van der Waals surface area contributed by atoms with Crippen LogP contribution in [0.1, 0.15) is 13.8 Å². The fourth-order valence-corrected chi connectivity index (χ4v) is 2.52. The SMILES string of the molecule is CN(CC(=O)Nc1ccccc1SC(F)F)CC(C)(C)O. The van der Waals surface area contributed by atoms with E-state index in [0.717, 1.165) is 0 Å². The maximum atomic E-state index is 12.4. The van der Waals surface area contributed by atoms with Crippen LogP contribution in [0.3, 0.4) is 0 Å². The summed E-state index contributed by atoms with van der Waals surface area (Å²) < 4.78 is 24.9. The number of halogens is 2. The zero-order valence-electron chi connectivity index (χ0n) is 12.3. The van der Waals surface area contributed by atoms with Gasteiger partial charge in [0.2, 0.25) is 5.91 Å². The van der Waals surface area contributed by atoms with Crippen LogP contribution >= 0.6 is 11.8 Å². The Morgan fingerprint density at radius 2 is 2.05 bits per heavy atom. The summed E-state index contributed by atoms with van der Waals surface area (Å²) in [7, 11) is 1.71.